The van der Waals surface area contributed by atoms with E-state index in [1.54, 1.807) is 11.3 Å². The lowest BCUT2D eigenvalue weighted by molar-refractivity contribution is -0.125. The summed E-state index contributed by atoms with van der Waals surface area (Å²) < 4.78 is 0. The molecule has 4 nitrogen and oxygen atoms in total. The van der Waals surface area contributed by atoms with Crippen molar-refractivity contribution in [3.05, 3.63) is 40.4 Å². The van der Waals surface area contributed by atoms with Gasteiger partial charge in [-0.25, -0.2) is 4.98 Å². The predicted molar refractivity (Wildman–Crippen MR) is 104 cm³/mol. The highest BCUT2D eigenvalue weighted by Gasteiger charge is 2.22. The lowest BCUT2D eigenvalue weighted by Gasteiger charge is -2.19. The first-order chi connectivity index (χ1) is 10.8. The van der Waals surface area contributed by atoms with Gasteiger partial charge >= 0.3 is 0 Å². The number of amides is 1. The van der Waals surface area contributed by atoms with Crippen LogP contribution in [-0.2, 0) is 4.79 Å². The van der Waals surface area contributed by atoms with Crippen LogP contribution in [0.3, 0.4) is 0 Å². The Balaban J connectivity index is 0.00000288. The molecular weight excluding hydrogens is 342 g/mol. The van der Waals surface area contributed by atoms with Gasteiger partial charge < -0.3 is 11.1 Å². The maximum absolute atomic E-state index is 12.2. The van der Waals surface area contributed by atoms with Gasteiger partial charge in [0.1, 0.15) is 5.01 Å². The highest BCUT2D eigenvalue weighted by atomic mass is 35.5. The number of rotatable bonds is 5. The third-order valence-corrected chi connectivity index (χ3v) is 5.47. The molecule has 3 atom stereocenters. The zero-order valence-corrected chi connectivity index (χ0v) is 16.4. The van der Waals surface area contributed by atoms with Crippen LogP contribution in [0.1, 0.15) is 42.9 Å². The molecule has 2 aromatic rings. The molecule has 132 valence electrons. The number of aryl methyl sites for hydroxylation is 2. The second kappa shape index (κ2) is 8.60. The summed E-state index contributed by atoms with van der Waals surface area (Å²) in [5, 5.41) is 4.03. The van der Waals surface area contributed by atoms with E-state index >= 15 is 0 Å². The normalized spacial score (nSPS) is 14.4. The minimum atomic E-state index is -0.206. The van der Waals surface area contributed by atoms with Crippen molar-refractivity contribution in [2.24, 2.45) is 11.7 Å². The van der Waals surface area contributed by atoms with Crippen LogP contribution in [0.5, 0.6) is 0 Å². The lowest BCUT2D eigenvalue weighted by Crippen LogP contribution is -2.39. The van der Waals surface area contributed by atoms with Gasteiger partial charge in [0.25, 0.3) is 0 Å². The highest BCUT2D eigenvalue weighted by Crippen LogP contribution is 2.32. The average Bonchev–Trinajstić information content (AvgIpc) is 2.89. The van der Waals surface area contributed by atoms with Gasteiger partial charge in [0.2, 0.25) is 5.91 Å². The lowest BCUT2D eigenvalue weighted by atomic mass is 10.0. The molecule has 0 aliphatic heterocycles. The number of hydrogen-bond donors (Lipinski definition) is 2. The molecule has 0 fully saturated rings. The van der Waals surface area contributed by atoms with Crippen molar-refractivity contribution in [1.29, 1.82) is 0 Å². The fraction of sp³-hybridized carbons (Fsp3) is 0.444. The first-order valence-electron chi connectivity index (χ1n) is 7.90. The van der Waals surface area contributed by atoms with Crippen LogP contribution in [0.25, 0.3) is 10.6 Å². The van der Waals surface area contributed by atoms with E-state index in [0.29, 0.717) is 0 Å². The Kier molecular flexibility index (Phi) is 7.39. The van der Waals surface area contributed by atoms with Gasteiger partial charge in [-0.05, 0) is 27.7 Å². The molecule has 1 aromatic carbocycles. The van der Waals surface area contributed by atoms with Gasteiger partial charge in [0, 0.05) is 17.5 Å². The van der Waals surface area contributed by atoms with Crippen LogP contribution in [0.4, 0.5) is 0 Å². The third-order valence-electron chi connectivity index (χ3n) is 4.09. The topological polar surface area (TPSA) is 68.0 Å². The molecule has 24 heavy (non-hydrogen) atoms. The highest BCUT2D eigenvalue weighted by molar-refractivity contribution is 7.15. The van der Waals surface area contributed by atoms with Gasteiger partial charge in [-0.1, -0.05) is 36.8 Å². The Morgan fingerprint density at radius 2 is 1.75 bits per heavy atom. The Labute approximate surface area is 154 Å². The maximum atomic E-state index is 12.2. The summed E-state index contributed by atoms with van der Waals surface area (Å²) in [5.74, 6) is -0.223. The molecule has 0 spiro atoms. The molecule has 1 heterocycles. The minimum absolute atomic E-state index is 0. The van der Waals surface area contributed by atoms with Crippen molar-refractivity contribution in [3.63, 3.8) is 0 Å². The van der Waals surface area contributed by atoms with Crippen molar-refractivity contribution >= 4 is 29.7 Å². The van der Waals surface area contributed by atoms with Crippen LogP contribution in [0.15, 0.2) is 24.3 Å². The molecule has 0 aliphatic rings. The molecule has 0 saturated heterocycles. The van der Waals surface area contributed by atoms with Crippen LogP contribution in [0.2, 0.25) is 0 Å². The number of benzene rings is 1. The summed E-state index contributed by atoms with van der Waals surface area (Å²) in [6.07, 6.45) is 0. The second-order valence-corrected chi connectivity index (χ2v) is 7.24. The van der Waals surface area contributed by atoms with Crippen molar-refractivity contribution in [2.45, 2.75) is 46.7 Å². The molecule has 0 saturated carbocycles. The summed E-state index contributed by atoms with van der Waals surface area (Å²) in [6, 6.07) is 8.11. The summed E-state index contributed by atoms with van der Waals surface area (Å²) in [4.78, 5) is 17.9. The van der Waals surface area contributed by atoms with Crippen molar-refractivity contribution in [2.75, 3.05) is 0 Å². The van der Waals surface area contributed by atoms with Gasteiger partial charge in [0.05, 0.1) is 16.6 Å². The van der Waals surface area contributed by atoms with Crippen molar-refractivity contribution in [1.82, 2.24) is 10.3 Å². The Morgan fingerprint density at radius 1 is 1.17 bits per heavy atom. The first kappa shape index (κ1) is 20.6. The molecule has 3 unspecified atom stereocenters. The number of hydrogen-bond acceptors (Lipinski definition) is 4. The zero-order chi connectivity index (χ0) is 17.1. The molecule has 3 N–H and O–H groups in total. The molecule has 2 rings (SSSR count). The number of halogens is 1. The number of nitrogens with one attached hydrogen (secondary N) is 1. The van der Waals surface area contributed by atoms with Crippen molar-refractivity contribution < 1.29 is 4.79 Å². The van der Waals surface area contributed by atoms with Crippen LogP contribution in [-0.4, -0.2) is 16.9 Å². The summed E-state index contributed by atoms with van der Waals surface area (Å²) >= 11 is 1.63. The van der Waals surface area contributed by atoms with Crippen LogP contribution < -0.4 is 11.1 Å². The molecule has 1 amide bonds. The van der Waals surface area contributed by atoms with Gasteiger partial charge in [-0.3, -0.25) is 4.79 Å². The van der Waals surface area contributed by atoms with Gasteiger partial charge in [0.15, 0.2) is 0 Å². The zero-order valence-electron chi connectivity index (χ0n) is 14.8. The van der Waals surface area contributed by atoms with E-state index in [1.807, 2.05) is 27.7 Å². The number of carbonyl (C=O) groups is 1. The summed E-state index contributed by atoms with van der Waals surface area (Å²) in [6.45, 7) is 9.75. The van der Waals surface area contributed by atoms with Crippen LogP contribution in [0, 0.1) is 19.8 Å². The Bertz CT molecular complexity index is 682. The van der Waals surface area contributed by atoms with Crippen molar-refractivity contribution in [3.8, 4) is 10.6 Å². The van der Waals surface area contributed by atoms with E-state index in [9.17, 15) is 4.79 Å². The van der Waals surface area contributed by atoms with E-state index in [4.69, 9.17) is 5.73 Å². The summed E-state index contributed by atoms with van der Waals surface area (Å²) in [7, 11) is 0. The van der Waals surface area contributed by atoms with Gasteiger partial charge in [-0.2, -0.15) is 0 Å². The largest absolute Gasteiger partial charge is 0.348 e. The number of nitrogens with two attached hydrogens (primary N) is 1. The molecular formula is C18H26ClN3OS. The molecule has 1 aromatic heterocycles. The quantitative estimate of drug-likeness (QED) is 0.838. The SMILES string of the molecule is Cc1ccc(-c2nc(C)c(C(C)NC(=O)C(C)C(C)N)s2)cc1.Cl. The predicted octanol–water partition coefficient (Wildman–Crippen LogP) is 4.01. The van der Waals surface area contributed by atoms with E-state index in [-0.39, 0.29) is 36.3 Å². The third kappa shape index (κ3) is 4.79. The number of nitrogens with zero attached hydrogens (tertiary/aromatic N) is 1. The molecule has 0 aliphatic carbocycles. The maximum Gasteiger partial charge on any atom is 0.224 e. The molecule has 0 radical (unpaired) electrons. The van der Waals surface area contributed by atoms with E-state index in [1.165, 1.54) is 5.56 Å². The minimum Gasteiger partial charge on any atom is -0.348 e. The molecule has 6 heteroatoms. The fourth-order valence-corrected chi connectivity index (χ4v) is 3.35. The van der Waals surface area contributed by atoms with E-state index in [2.05, 4.69) is 41.5 Å². The smallest absolute Gasteiger partial charge is 0.224 e. The van der Waals surface area contributed by atoms with E-state index < -0.39 is 0 Å². The average molecular weight is 368 g/mol. The molecule has 0 bridgehead atoms. The van der Waals surface area contributed by atoms with E-state index in [0.717, 1.165) is 21.1 Å². The standard InChI is InChI=1S/C18H25N3OS.ClH/c1-10-6-8-15(9-7-10)18-21-14(5)16(23-18)13(4)20-17(22)11(2)12(3)19;/h6-9,11-13H,19H2,1-5H3,(H,20,22);1H. The Morgan fingerprint density at radius 3 is 2.29 bits per heavy atom. The Hall–Kier alpha value is -1.43. The number of carbonyl (C=O) groups excluding carboxylic acids is 1. The summed E-state index contributed by atoms with van der Waals surface area (Å²) in [5.41, 5.74) is 9.11. The monoisotopic (exact) mass is 367 g/mol. The van der Waals surface area contributed by atoms with Crippen LogP contribution >= 0.6 is 23.7 Å². The van der Waals surface area contributed by atoms with Gasteiger partial charge in [-0.15, -0.1) is 23.7 Å². The number of aromatic nitrogens is 1. The number of thiazole rings is 1. The first-order valence-corrected chi connectivity index (χ1v) is 8.71. The fourth-order valence-electron chi connectivity index (χ4n) is 2.28. The second-order valence-electron chi connectivity index (χ2n) is 6.21.